The molecule has 0 saturated carbocycles. The van der Waals surface area contributed by atoms with Gasteiger partial charge in [-0.3, -0.25) is 9.69 Å². The first-order chi connectivity index (χ1) is 8.11. The lowest BCUT2D eigenvalue weighted by atomic mass is 10.1. The Balaban J connectivity index is 3.51. The Morgan fingerprint density at radius 1 is 1.24 bits per heavy atom. The fourth-order valence-corrected chi connectivity index (χ4v) is 1.75. The van der Waals surface area contributed by atoms with Crippen LogP contribution in [0.4, 0.5) is 0 Å². The number of aliphatic hydroxyl groups is 1. The predicted molar refractivity (Wildman–Crippen MR) is 68.9 cm³/mol. The second-order valence-electron chi connectivity index (χ2n) is 4.47. The summed E-state index contributed by atoms with van der Waals surface area (Å²) in [6, 6.07) is 0.465. The highest BCUT2D eigenvalue weighted by Gasteiger charge is 2.08. The molecule has 0 aliphatic rings. The molecule has 0 unspecified atom stereocenters. The number of carbonyl (C=O) groups excluding carboxylic acids is 1. The first-order valence-corrected chi connectivity index (χ1v) is 6.62. The van der Waals surface area contributed by atoms with Crippen LogP contribution in [0.5, 0.6) is 0 Å². The van der Waals surface area contributed by atoms with Gasteiger partial charge in [0, 0.05) is 19.0 Å². The van der Waals surface area contributed by atoms with Crippen molar-refractivity contribution >= 4 is 5.97 Å². The Morgan fingerprint density at radius 2 is 1.94 bits per heavy atom. The van der Waals surface area contributed by atoms with Crippen molar-refractivity contribution in [1.82, 2.24) is 4.90 Å². The summed E-state index contributed by atoms with van der Waals surface area (Å²) in [6.45, 7) is 8.49. The molecule has 0 heterocycles. The van der Waals surface area contributed by atoms with E-state index in [9.17, 15) is 4.79 Å². The molecule has 0 bridgehead atoms. The Labute approximate surface area is 105 Å². The van der Waals surface area contributed by atoms with Crippen molar-refractivity contribution in [3.05, 3.63) is 0 Å². The van der Waals surface area contributed by atoms with Crippen LogP contribution in [0.15, 0.2) is 0 Å². The van der Waals surface area contributed by atoms with Crippen LogP contribution in [0.1, 0.15) is 46.5 Å². The maximum absolute atomic E-state index is 11.1. The summed E-state index contributed by atoms with van der Waals surface area (Å²) in [7, 11) is 0. The lowest BCUT2D eigenvalue weighted by Crippen LogP contribution is -2.34. The van der Waals surface area contributed by atoms with Gasteiger partial charge in [-0.15, -0.1) is 0 Å². The maximum Gasteiger partial charge on any atom is 0.305 e. The average molecular weight is 245 g/mol. The molecule has 0 amide bonds. The summed E-state index contributed by atoms with van der Waals surface area (Å²) in [5, 5.41) is 8.92. The zero-order valence-corrected chi connectivity index (χ0v) is 11.4. The van der Waals surface area contributed by atoms with Crippen molar-refractivity contribution in [2.24, 2.45) is 0 Å². The molecule has 4 heteroatoms. The van der Waals surface area contributed by atoms with Crippen molar-refractivity contribution in [1.29, 1.82) is 0 Å². The largest absolute Gasteiger partial charge is 0.466 e. The highest BCUT2D eigenvalue weighted by molar-refractivity contribution is 5.69. The lowest BCUT2D eigenvalue weighted by molar-refractivity contribution is -0.143. The summed E-state index contributed by atoms with van der Waals surface area (Å²) >= 11 is 0. The third-order valence-corrected chi connectivity index (χ3v) is 2.75. The number of rotatable bonds is 10. The van der Waals surface area contributed by atoms with Crippen molar-refractivity contribution in [3.63, 3.8) is 0 Å². The molecule has 0 atom stereocenters. The second kappa shape index (κ2) is 10.5. The van der Waals surface area contributed by atoms with Crippen LogP contribution in [0.25, 0.3) is 0 Å². The van der Waals surface area contributed by atoms with Crippen LogP contribution >= 0.6 is 0 Å². The summed E-state index contributed by atoms with van der Waals surface area (Å²) < 4.78 is 4.86. The van der Waals surface area contributed by atoms with E-state index in [-0.39, 0.29) is 12.6 Å². The van der Waals surface area contributed by atoms with Crippen LogP contribution in [0, 0.1) is 0 Å². The lowest BCUT2D eigenvalue weighted by Gasteiger charge is -2.25. The van der Waals surface area contributed by atoms with Gasteiger partial charge < -0.3 is 9.84 Å². The number of esters is 1. The molecule has 1 N–H and O–H groups in total. The van der Waals surface area contributed by atoms with Gasteiger partial charge in [-0.2, -0.15) is 0 Å². The summed E-state index contributed by atoms with van der Waals surface area (Å²) in [5.41, 5.74) is 0. The number of ether oxygens (including phenoxy) is 1. The third kappa shape index (κ3) is 9.12. The summed E-state index contributed by atoms with van der Waals surface area (Å²) in [5.74, 6) is -0.0939. The van der Waals surface area contributed by atoms with Crippen molar-refractivity contribution < 1.29 is 14.6 Å². The zero-order chi connectivity index (χ0) is 13.1. The van der Waals surface area contributed by atoms with E-state index < -0.39 is 0 Å². The minimum Gasteiger partial charge on any atom is -0.466 e. The third-order valence-electron chi connectivity index (χ3n) is 2.75. The maximum atomic E-state index is 11.1. The molecule has 0 aromatic heterocycles. The molecule has 0 saturated heterocycles. The highest BCUT2D eigenvalue weighted by atomic mass is 16.5. The average Bonchev–Trinajstić information content (AvgIpc) is 2.27. The van der Waals surface area contributed by atoms with Gasteiger partial charge in [-0.25, -0.2) is 0 Å². The second-order valence-corrected chi connectivity index (χ2v) is 4.47. The monoisotopic (exact) mass is 245 g/mol. The van der Waals surface area contributed by atoms with E-state index in [0.29, 0.717) is 19.1 Å². The molecular formula is C13H27NO3. The molecular weight excluding hydrogens is 218 g/mol. The number of nitrogens with zero attached hydrogens (tertiary/aromatic N) is 1. The Morgan fingerprint density at radius 3 is 2.47 bits per heavy atom. The smallest absolute Gasteiger partial charge is 0.305 e. The summed E-state index contributed by atoms with van der Waals surface area (Å²) in [4.78, 5) is 13.3. The fraction of sp³-hybridized carbons (Fsp3) is 0.923. The molecule has 0 aliphatic carbocycles. The van der Waals surface area contributed by atoms with Crippen LogP contribution in [-0.2, 0) is 9.53 Å². The van der Waals surface area contributed by atoms with E-state index >= 15 is 0 Å². The van der Waals surface area contributed by atoms with Crippen LogP contribution in [0.3, 0.4) is 0 Å². The standard InChI is InChI=1S/C13H27NO3/c1-4-17-13(16)8-6-5-7-9-14(10-11-15)12(2)3/h12,15H,4-11H2,1-3H3. The van der Waals surface area contributed by atoms with Gasteiger partial charge in [0.1, 0.15) is 0 Å². The van der Waals surface area contributed by atoms with E-state index in [1.807, 2.05) is 6.92 Å². The van der Waals surface area contributed by atoms with E-state index in [0.717, 1.165) is 32.4 Å². The van der Waals surface area contributed by atoms with Gasteiger partial charge >= 0.3 is 5.97 Å². The zero-order valence-electron chi connectivity index (χ0n) is 11.4. The first-order valence-electron chi connectivity index (χ1n) is 6.62. The van der Waals surface area contributed by atoms with E-state index in [1.54, 1.807) is 0 Å². The van der Waals surface area contributed by atoms with Crippen molar-refractivity contribution in [2.45, 2.75) is 52.5 Å². The highest BCUT2D eigenvalue weighted by Crippen LogP contribution is 2.05. The molecule has 0 aromatic rings. The van der Waals surface area contributed by atoms with Gasteiger partial charge in [0.05, 0.1) is 13.2 Å². The predicted octanol–water partition coefficient (Wildman–Crippen LogP) is 1.81. The topological polar surface area (TPSA) is 49.8 Å². The van der Waals surface area contributed by atoms with Crippen LogP contribution in [-0.4, -0.2) is 48.3 Å². The molecule has 0 radical (unpaired) electrons. The number of aliphatic hydroxyl groups excluding tert-OH is 1. The molecule has 0 fully saturated rings. The van der Waals surface area contributed by atoms with Crippen molar-refractivity contribution in [2.75, 3.05) is 26.3 Å². The van der Waals surface area contributed by atoms with E-state index in [2.05, 4.69) is 18.7 Å². The number of hydrogen-bond acceptors (Lipinski definition) is 4. The van der Waals surface area contributed by atoms with Crippen LogP contribution in [0.2, 0.25) is 0 Å². The Bertz CT molecular complexity index is 195. The SMILES string of the molecule is CCOC(=O)CCCCCN(CCO)C(C)C. The first kappa shape index (κ1) is 16.4. The van der Waals surface area contributed by atoms with E-state index in [1.165, 1.54) is 0 Å². The van der Waals surface area contributed by atoms with E-state index in [4.69, 9.17) is 9.84 Å². The van der Waals surface area contributed by atoms with Gasteiger partial charge in [-0.05, 0) is 40.2 Å². The fourth-order valence-electron chi connectivity index (χ4n) is 1.75. The number of hydrogen-bond donors (Lipinski definition) is 1. The van der Waals surface area contributed by atoms with Gasteiger partial charge in [-0.1, -0.05) is 6.42 Å². The normalized spacial score (nSPS) is 11.2. The van der Waals surface area contributed by atoms with Gasteiger partial charge in [0.25, 0.3) is 0 Å². The number of carbonyl (C=O) groups is 1. The van der Waals surface area contributed by atoms with Gasteiger partial charge in [0.15, 0.2) is 0 Å². The number of unbranched alkanes of at least 4 members (excludes halogenated alkanes) is 2. The van der Waals surface area contributed by atoms with Crippen molar-refractivity contribution in [3.8, 4) is 0 Å². The summed E-state index contributed by atoms with van der Waals surface area (Å²) in [6.07, 6.45) is 3.52. The molecule has 0 aromatic carbocycles. The quantitative estimate of drug-likeness (QED) is 0.471. The minimum atomic E-state index is -0.0939. The molecule has 0 rings (SSSR count). The van der Waals surface area contributed by atoms with Gasteiger partial charge in [0.2, 0.25) is 0 Å². The minimum absolute atomic E-state index is 0.0939. The molecule has 0 spiro atoms. The molecule has 4 nitrogen and oxygen atoms in total. The molecule has 0 aliphatic heterocycles. The molecule has 102 valence electrons. The van der Waals surface area contributed by atoms with Crippen LogP contribution < -0.4 is 0 Å². The Hall–Kier alpha value is -0.610. The Kier molecular flexibility index (Phi) is 10.2. The molecule has 17 heavy (non-hydrogen) atoms.